The molecule has 152 valence electrons. The summed E-state index contributed by atoms with van der Waals surface area (Å²) in [5.41, 5.74) is -0.244. The number of likely N-dealkylation sites (tertiary alicyclic amines) is 1. The molecule has 0 spiro atoms. The van der Waals surface area contributed by atoms with Crippen LogP contribution in [-0.2, 0) is 9.59 Å². The van der Waals surface area contributed by atoms with E-state index >= 15 is 0 Å². The zero-order chi connectivity index (χ0) is 20.5. The number of hydrogen-bond donors (Lipinski definition) is 2. The van der Waals surface area contributed by atoms with Gasteiger partial charge in [0.25, 0.3) is 5.91 Å². The van der Waals surface area contributed by atoms with Crippen molar-refractivity contribution in [2.24, 2.45) is 0 Å². The van der Waals surface area contributed by atoms with Crippen LogP contribution in [0.2, 0.25) is 5.02 Å². The lowest BCUT2D eigenvalue weighted by Gasteiger charge is -2.33. The maximum atomic E-state index is 14.0. The van der Waals surface area contributed by atoms with E-state index in [0.717, 1.165) is 5.56 Å². The number of urea groups is 1. The minimum Gasteiger partial charge on any atom is -0.495 e. The summed E-state index contributed by atoms with van der Waals surface area (Å²) < 4.78 is 19.1. The molecule has 0 bridgehead atoms. The van der Waals surface area contributed by atoms with E-state index in [2.05, 4.69) is 10.6 Å². The Morgan fingerprint density at radius 1 is 1.36 bits per heavy atom. The van der Waals surface area contributed by atoms with Crippen molar-refractivity contribution >= 4 is 29.4 Å². The number of ether oxygens (including phenoxy) is 1. The third kappa shape index (κ3) is 4.06. The Balaban J connectivity index is 1.55. The van der Waals surface area contributed by atoms with Crippen molar-refractivity contribution in [3.8, 4) is 5.75 Å². The quantitative estimate of drug-likeness (QED) is 0.729. The Labute approximate surface area is 167 Å². The van der Waals surface area contributed by atoms with Gasteiger partial charge in [-0.3, -0.25) is 14.9 Å². The van der Waals surface area contributed by atoms with Gasteiger partial charge in [0.2, 0.25) is 5.91 Å². The van der Waals surface area contributed by atoms with E-state index in [4.69, 9.17) is 16.3 Å². The Kier molecular flexibility index (Phi) is 5.79. The molecular weight excluding hydrogens is 389 g/mol. The first kappa shape index (κ1) is 20.4. The summed E-state index contributed by atoms with van der Waals surface area (Å²) in [6.45, 7) is 2.70. The number of amides is 4. The van der Waals surface area contributed by atoms with Crippen molar-refractivity contribution in [1.82, 2.24) is 15.5 Å². The van der Waals surface area contributed by atoms with Crippen LogP contribution in [-0.4, -0.2) is 48.5 Å². The highest BCUT2D eigenvalue weighted by Crippen LogP contribution is 2.35. The van der Waals surface area contributed by atoms with Gasteiger partial charge in [0, 0.05) is 19.5 Å². The van der Waals surface area contributed by atoms with Gasteiger partial charge < -0.3 is 15.0 Å². The van der Waals surface area contributed by atoms with E-state index in [1.807, 2.05) is 0 Å². The van der Waals surface area contributed by atoms with Crippen molar-refractivity contribution < 1.29 is 23.5 Å². The van der Waals surface area contributed by atoms with Crippen LogP contribution >= 0.6 is 11.6 Å². The maximum absolute atomic E-state index is 14.0. The maximum Gasteiger partial charge on any atom is 0.322 e. The summed E-state index contributed by atoms with van der Waals surface area (Å²) in [7, 11) is 1.44. The largest absolute Gasteiger partial charge is 0.495 e. The number of nitrogens with one attached hydrogen (secondary N) is 2. The molecule has 9 heteroatoms. The van der Waals surface area contributed by atoms with E-state index in [0.29, 0.717) is 31.7 Å². The number of benzene rings is 1. The van der Waals surface area contributed by atoms with Gasteiger partial charge in [0.15, 0.2) is 0 Å². The molecule has 0 aromatic heterocycles. The SMILES string of the molecule is COc1cc(C2CCN(C(=O)CCC3(C)NC(=O)NC3=O)CC2)cc(F)c1Cl. The number of nitrogens with zero attached hydrogens (tertiary/aromatic N) is 1. The second-order valence-electron chi connectivity index (χ2n) is 7.41. The predicted octanol–water partition coefficient (Wildman–Crippen LogP) is 2.57. The minimum atomic E-state index is -1.05. The summed E-state index contributed by atoms with van der Waals surface area (Å²) in [6, 6.07) is 2.64. The number of carbonyl (C=O) groups excluding carboxylic acids is 3. The molecule has 0 radical (unpaired) electrons. The molecule has 1 aromatic carbocycles. The molecule has 1 atom stereocenters. The molecule has 1 unspecified atom stereocenters. The number of imide groups is 1. The van der Waals surface area contributed by atoms with Gasteiger partial charge in [-0.05, 0) is 49.8 Å². The molecule has 2 N–H and O–H groups in total. The molecule has 2 heterocycles. The fourth-order valence-electron chi connectivity index (χ4n) is 3.70. The average Bonchev–Trinajstić information content (AvgIpc) is 2.94. The van der Waals surface area contributed by atoms with Gasteiger partial charge in [0.05, 0.1) is 7.11 Å². The highest BCUT2D eigenvalue weighted by molar-refractivity contribution is 6.32. The number of piperidine rings is 1. The molecule has 3 rings (SSSR count). The average molecular weight is 412 g/mol. The van der Waals surface area contributed by atoms with Crippen LogP contribution in [0, 0.1) is 5.82 Å². The molecule has 0 aliphatic carbocycles. The van der Waals surface area contributed by atoms with E-state index in [1.54, 1.807) is 17.9 Å². The standard InChI is InChI=1S/C19H23ClFN3O4/c1-19(17(26)22-18(27)23-19)6-3-15(25)24-7-4-11(5-8-24)12-9-13(21)16(20)14(10-12)28-2/h9-11H,3-8H2,1-2H3,(H2,22,23,26,27). The fraction of sp³-hybridized carbons (Fsp3) is 0.526. The molecule has 7 nitrogen and oxygen atoms in total. The molecule has 1 aromatic rings. The van der Waals surface area contributed by atoms with E-state index in [-0.39, 0.29) is 29.7 Å². The molecule has 2 saturated heterocycles. The topological polar surface area (TPSA) is 87.7 Å². The third-order valence-electron chi connectivity index (χ3n) is 5.51. The zero-order valence-corrected chi connectivity index (χ0v) is 16.6. The van der Waals surface area contributed by atoms with Crippen LogP contribution in [0.4, 0.5) is 9.18 Å². The Bertz CT molecular complexity index is 811. The fourth-order valence-corrected chi connectivity index (χ4v) is 3.89. The van der Waals surface area contributed by atoms with Crippen LogP contribution in [0.25, 0.3) is 0 Å². The van der Waals surface area contributed by atoms with Crippen LogP contribution in [0.3, 0.4) is 0 Å². The van der Waals surface area contributed by atoms with Gasteiger partial charge >= 0.3 is 6.03 Å². The van der Waals surface area contributed by atoms with Crippen molar-refractivity contribution in [2.45, 2.75) is 44.1 Å². The smallest absolute Gasteiger partial charge is 0.322 e. The van der Waals surface area contributed by atoms with Crippen molar-refractivity contribution in [1.29, 1.82) is 0 Å². The lowest BCUT2D eigenvalue weighted by atomic mass is 9.88. The van der Waals surface area contributed by atoms with Crippen LogP contribution in [0.5, 0.6) is 5.75 Å². The monoisotopic (exact) mass is 411 g/mol. The van der Waals surface area contributed by atoms with Crippen molar-refractivity contribution in [3.05, 3.63) is 28.5 Å². The first-order valence-electron chi connectivity index (χ1n) is 9.18. The summed E-state index contributed by atoms with van der Waals surface area (Å²) in [5.74, 6) is -0.571. The second-order valence-corrected chi connectivity index (χ2v) is 7.79. The zero-order valence-electron chi connectivity index (χ0n) is 15.8. The lowest BCUT2D eigenvalue weighted by Crippen LogP contribution is -2.45. The Hall–Kier alpha value is -2.35. The van der Waals surface area contributed by atoms with Crippen LogP contribution in [0.15, 0.2) is 12.1 Å². The van der Waals surface area contributed by atoms with Gasteiger partial charge in [-0.15, -0.1) is 0 Å². The summed E-state index contributed by atoms with van der Waals surface area (Å²) in [4.78, 5) is 37.4. The number of hydrogen-bond acceptors (Lipinski definition) is 4. The highest BCUT2D eigenvalue weighted by Gasteiger charge is 2.42. The molecule has 28 heavy (non-hydrogen) atoms. The summed E-state index contributed by atoms with van der Waals surface area (Å²) >= 11 is 5.88. The molecule has 2 aliphatic heterocycles. The number of carbonyl (C=O) groups is 3. The molecular formula is C19H23ClFN3O4. The van der Waals surface area contributed by atoms with Crippen LogP contribution < -0.4 is 15.4 Å². The highest BCUT2D eigenvalue weighted by atomic mass is 35.5. The van der Waals surface area contributed by atoms with Gasteiger partial charge in [-0.25, -0.2) is 9.18 Å². The lowest BCUT2D eigenvalue weighted by molar-refractivity contribution is -0.133. The van der Waals surface area contributed by atoms with Crippen LogP contribution in [0.1, 0.15) is 44.1 Å². The summed E-state index contributed by atoms with van der Waals surface area (Å²) in [6.07, 6.45) is 1.80. The molecule has 4 amide bonds. The molecule has 2 fully saturated rings. The number of rotatable bonds is 5. The molecule has 2 aliphatic rings. The normalized spacial score (nSPS) is 22.8. The number of halogens is 2. The number of methoxy groups -OCH3 is 1. The van der Waals surface area contributed by atoms with Gasteiger partial charge in [-0.1, -0.05) is 11.6 Å². The predicted molar refractivity (Wildman–Crippen MR) is 101 cm³/mol. The van der Waals surface area contributed by atoms with E-state index < -0.39 is 23.3 Å². The second kappa shape index (κ2) is 7.95. The molecule has 0 saturated carbocycles. The minimum absolute atomic E-state index is 0.0320. The van der Waals surface area contributed by atoms with E-state index in [9.17, 15) is 18.8 Å². The Morgan fingerprint density at radius 3 is 2.61 bits per heavy atom. The Morgan fingerprint density at radius 2 is 2.04 bits per heavy atom. The van der Waals surface area contributed by atoms with Gasteiger partial charge in [0.1, 0.15) is 22.1 Å². The van der Waals surface area contributed by atoms with Crippen molar-refractivity contribution in [2.75, 3.05) is 20.2 Å². The third-order valence-corrected chi connectivity index (χ3v) is 5.88. The first-order chi connectivity index (χ1) is 13.2. The van der Waals surface area contributed by atoms with Gasteiger partial charge in [-0.2, -0.15) is 0 Å². The van der Waals surface area contributed by atoms with Crippen molar-refractivity contribution in [3.63, 3.8) is 0 Å². The first-order valence-corrected chi connectivity index (χ1v) is 9.55. The summed E-state index contributed by atoms with van der Waals surface area (Å²) in [5, 5.41) is 4.72. The van der Waals surface area contributed by atoms with E-state index in [1.165, 1.54) is 13.2 Å².